The predicted molar refractivity (Wildman–Crippen MR) is 410 cm³/mol. The molecule has 95 heavy (non-hydrogen) atoms. The van der Waals surface area contributed by atoms with Crippen molar-refractivity contribution in [2.45, 2.75) is 388 Å². The van der Waals surface area contributed by atoms with Gasteiger partial charge in [-0.15, -0.1) is 0 Å². The molecule has 542 valence electrons. The molecule has 4 atom stereocenters. The molecular weight excluding hydrogens is 1170 g/mol. The Bertz CT molecular complexity index is 2090. The zero-order valence-electron chi connectivity index (χ0n) is 62.7. The normalized spacial score (nSPS) is 12.7. The Morgan fingerprint density at radius 3 is 0.916 bits per heavy atom. The van der Waals surface area contributed by atoms with E-state index < -0.39 is 12.1 Å². The highest BCUT2D eigenvalue weighted by Crippen LogP contribution is 2.23. The average molecular weight is 1320 g/mol. The molecule has 0 heterocycles. The molecule has 0 bridgehead atoms. The number of anilines is 1. The van der Waals surface area contributed by atoms with E-state index in [1.165, 1.54) is 237 Å². The number of rotatable bonds is 67. The number of carbonyl (C=O) groups is 4. The summed E-state index contributed by atoms with van der Waals surface area (Å²) in [6.07, 6.45) is 67.6. The summed E-state index contributed by atoms with van der Waals surface area (Å²) in [6, 6.07) is 17.9. The van der Waals surface area contributed by atoms with Gasteiger partial charge in [0.05, 0.1) is 11.6 Å². The summed E-state index contributed by atoms with van der Waals surface area (Å²) in [4.78, 5) is 55.2. The molecule has 0 fully saturated rings. The number of nitrogens with one attached hydrogen (secondary N) is 4. The summed E-state index contributed by atoms with van der Waals surface area (Å²) >= 11 is 0. The molecule has 0 spiro atoms. The molecule has 0 aliphatic rings. The number of amides is 4. The lowest BCUT2D eigenvalue weighted by Gasteiger charge is -2.25. The van der Waals surface area contributed by atoms with Gasteiger partial charge in [-0.2, -0.15) is 5.26 Å². The average Bonchev–Trinajstić information content (AvgIpc) is 1.21. The van der Waals surface area contributed by atoms with Crippen LogP contribution in [0.1, 0.15) is 392 Å². The van der Waals surface area contributed by atoms with Gasteiger partial charge < -0.3 is 26.2 Å². The molecule has 4 amide bonds. The molecule has 4 N–H and O–H groups in total. The second kappa shape index (κ2) is 62.8. The van der Waals surface area contributed by atoms with Crippen LogP contribution in [-0.2, 0) is 19.2 Å². The van der Waals surface area contributed by atoms with Crippen molar-refractivity contribution in [1.29, 1.82) is 5.26 Å². The Morgan fingerprint density at radius 2 is 0.632 bits per heavy atom. The summed E-state index contributed by atoms with van der Waals surface area (Å²) in [5.74, 6) is 0.139. The molecule has 10 nitrogen and oxygen atoms in total. The predicted octanol–water partition coefficient (Wildman–Crippen LogP) is 23.4. The molecule has 0 radical (unpaired) electrons. The summed E-state index contributed by atoms with van der Waals surface area (Å²) in [7, 11) is 0. The fraction of sp³-hybridized carbons (Fsp3) is 0.776. The van der Waals surface area contributed by atoms with Gasteiger partial charge in [0.1, 0.15) is 12.1 Å². The zero-order valence-corrected chi connectivity index (χ0v) is 62.7. The van der Waals surface area contributed by atoms with E-state index in [1.54, 1.807) is 0 Å². The van der Waals surface area contributed by atoms with Crippen molar-refractivity contribution >= 4 is 41.5 Å². The maximum atomic E-state index is 13.2. The first-order chi connectivity index (χ1) is 46.6. The number of benzene rings is 2. The van der Waals surface area contributed by atoms with Crippen molar-refractivity contribution in [3.8, 4) is 6.07 Å². The van der Waals surface area contributed by atoms with Crippen LogP contribution in [0, 0.1) is 23.2 Å². The van der Waals surface area contributed by atoms with Crippen molar-refractivity contribution in [3.05, 3.63) is 65.2 Å². The second-order valence-electron chi connectivity index (χ2n) is 28.9. The van der Waals surface area contributed by atoms with Crippen LogP contribution in [0.15, 0.2) is 48.5 Å². The second-order valence-corrected chi connectivity index (χ2v) is 28.9. The third kappa shape index (κ3) is 48.7. The molecular formula is C85H148N6O4. The Labute approximate surface area is 585 Å². The van der Waals surface area contributed by atoms with Gasteiger partial charge in [0.25, 0.3) is 0 Å². The van der Waals surface area contributed by atoms with E-state index in [0.29, 0.717) is 31.5 Å². The van der Waals surface area contributed by atoms with Crippen LogP contribution in [0.2, 0.25) is 0 Å². The lowest BCUT2D eigenvalue weighted by atomic mass is 9.97. The fourth-order valence-electron chi connectivity index (χ4n) is 13.2. The summed E-state index contributed by atoms with van der Waals surface area (Å²) in [5.41, 5.74) is 4.17. The van der Waals surface area contributed by atoms with Gasteiger partial charge in [-0.05, 0) is 85.8 Å². The highest BCUT2D eigenvalue weighted by Gasteiger charge is 2.27. The minimum absolute atomic E-state index is 0.00161. The Balaban J connectivity index is 1.64. The van der Waals surface area contributed by atoms with E-state index in [4.69, 9.17) is 0 Å². The van der Waals surface area contributed by atoms with Gasteiger partial charge in [-0.25, -0.2) is 0 Å². The number of carbonyl (C=O) groups excluding carboxylic acids is 4. The summed E-state index contributed by atoms with van der Waals surface area (Å²) < 4.78 is 0. The van der Waals surface area contributed by atoms with E-state index in [2.05, 4.69) is 110 Å². The van der Waals surface area contributed by atoms with Crippen molar-refractivity contribution in [2.24, 2.45) is 11.8 Å². The molecule has 0 aromatic heterocycles. The van der Waals surface area contributed by atoms with Crippen LogP contribution in [-0.4, -0.2) is 61.9 Å². The van der Waals surface area contributed by atoms with Crippen molar-refractivity contribution in [3.63, 3.8) is 0 Å². The van der Waals surface area contributed by atoms with Gasteiger partial charge in [0.15, 0.2) is 0 Å². The molecule has 2 aromatic carbocycles. The van der Waals surface area contributed by atoms with Gasteiger partial charge in [0, 0.05) is 44.7 Å². The molecule has 10 heteroatoms. The summed E-state index contributed by atoms with van der Waals surface area (Å²) in [6.45, 7) is 16.4. The number of nitriles is 1. The largest absolute Gasteiger partial charge is 0.372 e. The number of nitrogens with zero attached hydrogens (tertiary/aromatic N) is 2. The van der Waals surface area contributed by atoms with Crippen LogP contribution in [0.4, 0.5) is 5.69 Å². The van der Waals surface area contributed by atoms with Crippen LogP contribution in [0.5, 0.6) is 0 Å². The number of hydrogen-bond acceptors (Lipinski definition) is 6. The first-order valence-electron chi connectivity index (χ1n) is 40.7. The van der Waals surface area contributed by atoms with Gasteiger partial charge in [-0.1, -0.05) is 360 Å². The van der Waals surface area contributed by atoms with Crippen molar-refractivity contribution in [2.75, 3.05) is 31.1 Å². The first kappa shape index (κ1) is 86.4. The van der Waals surface area contributed by atoms with Crippen molar-refractivity contribution in [1.82, 2.24) is 21.3 Å². The lowest BCUT2D eigenvalue weighted by Crippen LogP contribution is -2.50. The molecule has 2 rings (SSSR count). The quantitative estimate of drug-likeness (QED) is 0.0384. The number of hydrogen-bond donors (Lipinski definition) is 4. The molecule has 0 unspecified atom stereocenters. The smallest absolute Gasteiger partial charge is 0.242 e. The highest BCUT2D eigenvalue weighted by molar-refractivity contribution is 5.88. The standard InChI is InChI=1S/C85H148N6O4/c1-7-11-13-15-17-19-21-23-25-27-29-31-35-41-47-53-69-87-84(94)82(74(5)9-3)89-80(92)57-51-45-39-33-37-43-49-55-71-91(79-67-65-77(66-68-79)60-59-76-61-63-78(73-86)64-62-76)72-56-50-44-38-34-40-46-52-58-81(93)90-83(75(6)10-4)85(95)88-70-54-48-42-36-32-30-28-26-24-22-20-18-16-14-12-8-2/h59-68,74-75,82-83H,7-58,69-72H2,1-6H3,(H,87,94)(H,88,95)(H,89,92)(H,90,93)/b60-59+/t74-,75-,82-,83-/m0/s1. The maximum Gasteiger partial charge on any atom is 0.242 e. The van der Waals surface area contributed by atoms with Crippen LogP contribution in [0.3, 0.4) is 0 Å². The topological polar surface area (TPSA) is 143 Å². The van der Waals surface area contributed by atoms with Crippen LogP contribution in [0.25, 0.3) is 12.2 Å². The van der Waals surface area contributed by atoms with E-state index >= 15 is 0 Å². The molecule has 0 aliphatic heterocycles. The van der Waals surface area contributed by atoms with Crippen LogP contribution >= 0.6 is 0 Å². The zero-order chi connectivity index (χ0) is 68.7. The van der Waals surface area contributed by atoms with E-state index in [-0.39, 0.29) is 35.5 Å². The summed E-state index contributed by atoms with van der Waals surface area (Å²) in [5, 5.41) is 21.7. The van der Waals surface area contributed by atoms with Gasteiger partial charge >= 0.3 is 0 Å². The molecule has 0 saturated carbocycles. The molecule has 0 aliphatic carbocycles. The minimum Gasteiger partial charge on any atom is -0.372 e. The molecule has 0 saturated heterocycles. The third-order valence-corrected chi connectivity index (χ3v) is 20.2. The Kier molecular flexibility index (Phi) is 57.2. The van der Waals surface area contributed by atoms with E-state index in [1.807, 2.05) is 24.3 Å². The highest BCUT2D eigenvalue weighted by atomic mass is 16.2. The lowest BCUT2D eigenvalue weighted by molar-refractivity contribution is -0.130. The Hall–Kier alpha value is -4.65. The number of unbranched alkanes of at least 4 members (excludes halogenated alkanes) is 44. The maximum absolute atomic E-state index is 13.2. The SMILES string of the molecule is CCCCCCCCCCCCCCCCCCNC(=O)[C@@H](NC(=O)CCCCCCCCCCN(CCCCCCCCCCC(=O)N[C@H](C(=O)NCCCCCCCCCCCCCCCCCC)[C@@H](C)CC)c1ccc(/C=C/c2ccc(C#N)cc2)cc1)[C@@H](C)CC. The van der Waals surface area contributed by atoms with Gasteiger partial charge in [-0.3, -0.25) is 19.2 Å². The first-order valence-corrected chi connectivity index (χ1v) is 40.7. The van der Waals surface area contributed by atoms with Crippen molar-refractivity contribution < 1.29 is 19.2 Å². The van der Waals surface area contributed by atoms with Gasteiger partial charge in [0.2, 0.25) is 23.6 Å². The minimum atomic E-state index is -0.465. The molecule has 2 aromatic rings. The van der Waals surface area contributed by atoms with Crippen LogP contribution < -0.4 is 26.2 Å². The van der Waals surface area contributed by atoms with E-state index in [9.17, 15) is 24.4 Å². The third-order valence-electron chi connectivity index (χ3n) is 20.2. The monoisotopic (exact) mass is 1320 g/mol. The fourth-order valence-corrected chi connectivity index (χ4v) is 13.2. The van der Waals surface area contributed by atoms with E-state index in [0.717, 1.165) is 114 Å². The Morgan fingerprint density at radius 1 is 0.368 bits per heavy atom.